The van der Waals surface area contributed by atoms with Gasteiger partial charge in [-0.2, -0.15) is 0 Å². The van der Waals surface area contributed by atoms with Crippen LogP contribution in [0.1, 0.15) is 40.2 Å². The van der Waals surface area contributed by atoms with Gasteiger partial charge < -0.3 is 29.9 Å². The van der Waals surface area contributed by atoms with Crippen LogP contribution in [0.15, 0.2) is 40.9 Å². The van der Waals surface area contributed by atoms with Crippen LogP contribution in [0.2, 0.25) is 0 Å². The van der Waals surface area contributed by atoms with Gasteiger partial charge in [-0.05, 0) is 85.6 Å². The second-order valence-electron chi connectivity index (χ2n) is 9.82. The van der Waals surface area contributed by atoms with Crippen LogP contribution in [0.25, 0.3) is 0 Å². The molecule has 1 aliphatic rings. The molecule has 1 aliphatic heterocycles. The molecule has 0 spiro atoms. The number of nitrogens with one attached hydrogen (secondary N) is 2. The fraction of sp³-hybridized carbons (Fsp3) is 0.481. The Hall–Kier alpha value is -2.94. The first kappa shape index (κ1) is 27.6. The highest BCUT2D eigenvalue weighted by atomic mass is 79.9. The van der Waals surface area contributed by atoms with Crippen molar-refractivity contribution >= 4 is 39.1 Å². The lowest BCUT2D eigenvalue weighted by atomic mass is 10.1. The number of halogens is 1. The van der Waals surface area contributed by atoms with Crippen molar-refractivity contribution in [2.75, 3.05) is 49.6 Å². The molecule has 36 heavy (non-hydrogen) atoms. The van der Waals surface area contributed by atoms with Gasteiger partial charge in [-0.3, -0.25) is 9.59 Å². The molecule has 1 fully saturated rings. The highest BCUT2D eigenvalue weighted by Gasteiger charge is 2.19. The van der Waals surface area contributed by atoms with Crippen LogP contribution < -0.4 is 25.0 Å². The molecule has 196 valence electrons. The van der Waals surface area contributed by atoms with Crippen LogP contribution >= 0.6 is 15.9 Å². The summed E-state index contributed by atoms with van der Waals surface area (Å²) in [7, 11) is 0. The van der Waals surface area contributed by atoms with Crippen LogP contribution in [0.5, 0.6) is 11.5 Å². The van der Waals surface area contributed by atoms with Crippen molar-refractivity contribution in [3.8, 4) is 11.5 Å². The van der Waals surface area contributed by atoms with Crippen molar-refractivity contribution in [2.24, 2.45) is 0 Å². The Morgan fingerprint density at radius 3 is 2.28 bits per heavy atom. The van der Waals surface area contributed by atoms with E-state index in [-0.39, 0.29) is 24.0 Å². The zero-order chi connectivity index (χ0) is 26.3. The topological polar surface area (TPSA) is 83.1 Å². The molecule has 2 aromatic rings. The number of anilines is 2. The van der Waals surface area contributed by atoms with E-state index in [0.717, 1.165) is 47.6 Å². The summed E-state index contributed by atoms with van der Waals surface area (Å²) in [6.45, 7) is 13.5. The third-order valence-electron chi connectivity index (χ3n) is 5.69. The van der Waals surface area contributed by atoms with E-state index in [1.807, 2.05) is 44.7 Å². The molecule has 8 nitrogen and oxygen atoms in total. The second-order valence-corrected chi connectivity index (χ2v) is 10.7. The lowest BCUT2D eigenvalue weighted by Crippen LogP contribution is -2.48. The van der Waals surface area contributed by atoms with Gasteiger partial charge in [-0.25, -0.2) is 0 Å². The van der Waals surface area contributed by atoms with E-state index in [9.17, 15) is 9.59 Å². The third-order valence-corrected chi connectivity index (χ3v) is 6.27. The average molecular weight is 562 g/mol. The van der Waals surface area contributed by atoms with Crippen molar-refractivity contribution in [3.05, 3.63) is 46.4 Å². The Balaban J connectivity index is 1.60. The minimum atomic E-state index is -0.321. The van der Waals surface area contributed by atoms with E-state index in [0.29, 0.717) is 24.7 Å². The van der Waals surface area contributed by atoms with E-state index in [1.165, 1.54) is 0 Å². The summed E-state index contributed by atoms with van der Waals surface area (Å²) in [4.78, 5) is 27.9. The number of ether oxygens (including phenoxy) is 2. The number of nitrogens with zero attached hydrogens (tertiary/aromatic N) is 2. The van der Waals surface area contributed by atoms with Crippen molar-refractivity contribution < 1.29 is 19.1 Å². The lowest BCUT2D eigenvalue weighted by molar-refractivity contribution is -0.129. The van der Waals surface area contributed by atoms with E-state index >= 15 is 0 Å². The summed E-state index contributed by atoms with van der Waals surface area (Å²) in [6, 6.07) is 12.2. The van der Waals surface area contributed by atoms with Gasteiger partial charge in [-0.15, -0.1) is 0 Å². The van der Waals surface area contributed by atoms with Gasteiger partial charge >= 0.3 is 0 Å². The van der Waals surface area contributed by atoms with E-state index in [1.54, 1.807) is 6.92 Å². The van der Waals surface area contributed by atoms with E-state index < -0.39 is 0 Å². The lowest BCUT2D eigenvalue weighted by Gasteiger charge is -2.35. The molecule has 2 amide bonds. The smallest absolute Gasteiger partial charge is 0.258 e. The molecule has 0 atom stereocenters. The maximum Gasteiger partial charge on any atom is 0.258 e. The summed E-state index contributed by atoms with van der Waals surface area (Å²) in [5.74, 6) is 1.05. The molecule has 2 N–H and O–H groups in total. The average Bonchev–Trinajstić information content (AvgIpc) is 2.81. The van der Waals surface area contributed by atoms with Gasteiger partial charge in [0.05, 0.1) is 11.1 Å². The van der Waals surface area contributed by atoms with Crippen LogP contribution in [-0.2, 0) is 16.1 Å². The summed E-state index contributed by atoms with van der Waals surface area (Å²) in [5.41, 5.74) is 2.86. The standard InChI is InChI=1S/C27H37BrN4O4/c1-6-35-24-16-20(15-23(28)26(24)36-18-25(34)30-27(3,4)5)17-29-21-7-9-22(10-8-21)32-13-11-31(12-14-32)19(2)33/h7-10,15-16,29H,6,11-14,17-18H2,1-5H3,(H,30,34). The number of hydrogen-bond acceptors (Lipinski definition) is 6. The van der Waals surface area contributed by atoms with Crippen LogP contribution in [0.4, 0.5) is 11.4 Å². The summed E-state index contributed by atoms with van der Waals surface area (Å²) in [5, 5.41) is 6.34. The van der Waals surface area contributed by atoms with Gasteiger partial charge in [0.2, 0.25) is 5.91 Å². The number of hydrogen-bond donors (Lipinski definition) is 2. The fourth-order valence-electron chi connectivity index (χ4n) is 3.99. The number of amides is 2. The van der Waals surface area contributed by atoms with Crippen molar-refractivity contribution in [3.63, 3.8) is 0 Å². The maximum absolute atomic E-state index is 12.2. The van der Waals surface area contributed by atoms with Crippen LogP contribution in [0, 0.1) is 0 Å². The molecular weight excluding hydrogens is 524 g/mol. The molecule has 0 aromatic heterocycles. The minimum absolute atomic E-state index is 0.0936. The molecular formula is C27H37BrN4O4. The maximum atomic E-state index is 12.2. The summed E-state index contributed by atoms with van der Waals surface area (Å²) in [6.07, 6.45) is 0. The highest BCUT2D eigenvalue weighted by Crippen LogP contribution is 2.37. The Labute approximate surface area is 222 Å². The van der Waals surface area contributed by atoms with E-state index in [2.05, 4.69) is 55.7 Å². The number of benzene rings is 2. The van der Waals surface area contributed by atoms with Gasteiger partial charge in [0.15, 0.2) is 18.1 Å². The monoisotopic (exact) mass is 560 g/mol. The number of piperazine rings is 1. The number of rotatable bonds is 9. The zero-order valence-electron chi connectivity index (χ0n) is 21.8. The second kappa shape index (κ2) is 12.3. The largest absolute Gasteiger partial charge is 0.490 e. The first-order chi connectivity index (χ1) is 17.1. The van der Waals surface area contributed by atoms with Gasteiger partial charge in [-0.1, -0.05) is 0 Å². The SMILES string of the molecule is CCOc1cc(CNc2ccc(N3CCN(C(C)=O)CC3)cc2)cc(Br)c1OCC(=O)NC(C)(C)C. The summed E-state index contributed by atoms with van der Waals surface area (Å²) < 4.78 is 12.3. The molecule has 0 saturated carbocycles. The Morgan fingerprint density at radius 1 is 1.03 bits per heavy atom. The van der Waals surface area contributed by atoms with Gasteiger partial charge in [0.25, 0.3) is 5.91 Å². The fourth-order valence-corrected chi connectivity index (χ4v) is 4.60. The molecule has 0 aliphatic carbocycles. The molecule has 9 heteroatoms. The molecule has 0 radical (unpaired) electrons. The third kappa shape index (κ3) is 8.05. The molecule has 1 saturated heterocycles. The first-order valence-corrected chi connectivity index (χ1v) is 13.1. The van der Waals surface area contributed by atoms with Gasteiger partial charge in [0.1, 0.15) is 0 Å². The minimum Gasteiger partial charge on any atom is -0.490 e. The van der Waals surface area contributed by atoms with Crippen molar-refractivity contribution in [2.45, 2.75) is 46.7 Å². The molecule has 0 unspecified atom stereocenters. The van der Waals surface area contributed by atoms with Crippen LogP contribution in [0.3, 0.4) is 0 Å². The molecule has 3 rings (SSSR count). The molecule has 0 bridgehead atoms. The first-order valence-electron chi connectivity index (χ1n) is 12.3. The van der Waals surface area contributed by atoms with Gasteiger partial charge in [0, 0.05) is 56.6 Å². The number of carbonyl (C=O) groups excluding carboxylic acids is 2. The summed E-state index contributed by atoms with van der Waals surface area (Å²) >= 11 is 3.58. The van der Waals surface area contributed by atoms with E-state index in [4.69, 9.17) is 9.47 Å². The van der Waals surface area contributed by atoms with Crippen molar-refractivity contribution in [1.82, 2.24) is 10.2 Å². The van der Waals surface area contributed by atoms with Crippen LogP contribution in [-0.4, -0.2) is 61.6 Å². The quantitative estimate of drug-likeness (QED) is 0.472. The number of carbonyl (C=O) groups is 2. The Morgan fingerprint density at radius 2 is 1.69 bits per heavy atom. The molecule has 2 aromatic carbocycles. The predicted octanol–water partition coefficient (Wildman–Crippen LogP) is 4.42. The zero-order valence-corrected chi connectivity index (χ0v) is 23.4. The molecule has 1 heterocycles. The highest BCUT2D eigenvalue weighted by molar-refractivity contribution is 9.10. The normalized spacial score (nSPS) is 13.8. The Bertz CT molecular complexity index is 1040. The predicted molar refractivity (Wildman–Crippen MR) is 147 cm³/mol. The Kier molecular flexibility index (Phi) is 9.48. The van der Waals surface area contributed by atoms with Crippen molar-refractivity contribution in [1.29, 1.82) is 0 Å².